The zero-order valence-electron chi connectivity index (χ0n) is 18.3. The SMILES string of the molecule is CS(=O)(=O)c1nc2c(c(-c3ccc(Cl)cc3Cl)n1)CN(c1ccccc1Oc1ccccc1)C2=O. The molecule has 4 aromatic rings. The van der Waals surface area contributed by atoms with Crippen molar-refractivity contribution in [2.45, 2.75) is 11.7 Å². The molecule has 10 heteroatoms. The van der Waals surface area contributed by atoms with Gasteiger partial charge in [0.2, 0.25) is 15.0 Å². The average Bonchev–Trinajstić information content (AvgIpc) is 3.16. The summed E-state index contributed by atoms with van der Waals surface area (Å²) in [5.74, 6) is 0.599. The first kappa shape index (κ1) is 23.3. The van der Waals surface area contributed by atoms with E-state index < -0.39 is 20.9 Å². The van der Waals surface area contributed by atoms with Crippen LogP contribution in [0.25, 0.3) is 11.3 Å². The molecule has 0 aliphatic carbocycles. The number of carbonyl (C=O) groups is 1. The fraction of sp³-hybridized carbons (Fsp3) is 0.0800. The molecule has 0 N–H and O–H groups in total. The molecule has 7 nitrogen and oxygen atoms in total. The van der Waals surface area contributed by atoms with E-state index >= 15 is 0 Å². The number of ether oxygens (including phenoxy) is 1. The molecule has 0 radical (unpaired) electrons. The molecule has 1 amide bonds. The van der Waals surface area contributed by atoms with Crippen LogP contribution in [0.5, 0.6) is 11.5 Å². The summed E-state index contributed by atoms with van der Waals surface area (Å²) >= 11 is 12.5. The van der Waals surface area contributed by atoms with E-state index in [1.165, 1.54) is 11.0 Å². The second-order valence-corrected chi connectivity index (χ2v) is 10.6. The van der Waals surface area contributed by atoms with Crippen LogP contribution in [0.3, 0.4) is 0 Å². The lowest BCUT2D eigenvalue weighted by atomic mass is 10.1. The van der Waals surface area contributed by atoms with Crippen molar-refractivity contribution in [1.29, 1.82) is 0 Å². The molecule has 0 fully saturated rings. The highest BCUT2D eigenvalue weighted by atomic mass is 35.5. The van der Waals surface area contributed by atoms with Crippen molar-refractivity contribution >= 4 is 44.6 Å². The fourth-order valence-corrected chi connectivity index (χ4v) is 4.81. The van der Waals surface area contributed by atoms with Crippen LogP contribution in [-0.2, 0) is 16.4 Å². The number of anilines is 1. The number of nitrogens with zero attached hydrogens (tertiary/aromatic N) is 3. The minimum Gasteiger partial charge on any atom is -0.455 e. The zero-order chi connectivity index (χ0) is 24.7. The molecule has 176 valence electrons. The van der Waals surface area contributed by atoms with Gasteiger partial charge in [0.25, 0.3) is 5.91 Å². The van der Waals surface area contributed by atoms with Gasteiger partial charge in [-0.2, -0.15) is 0 Å². The van der Waals surface area contributed by atoms with Gasteiger partial charge >= 0.3 is 0 Å². The first-order valence-electron chi connectivity index (χ1n) is 10.4. The number of benzene rings is 3. The molecule has 3 aromatic carbocycles. The number of aromatic nitrogens is 2. The van der Waals surface area contributed by atoms with Gasteiger partial charge in [-0.1, -0.05) is 53.5 Å². The van der Waals surface area contributed by atoms with Crippen LogP contribution < -0.4 is 9.64 Å². The lowest BCUT2D eigenvalue weighted by molar-refractivity contribution is 0.0991. The maximum Gasteiger partial charge on any atom is 0.277 e. The van der Waals surface area contributed by atoms with Crippen molar-refractivity contribution in [2.24, 2.45) is 0 Å². The van der Waals surface area contributed by atoms with Gasteiger partial charge in [-0.3, -0.25) is 9.69 Å². The number of amides is 1. The quantitative estimate of drug-likeness (QED) is 0.305. The molecule has 1 aliphatic heterocycles. The van der Waals surface area contributed by atoms with Crippen molar-refractivity contribution in [3.05, 3.63) is 94.1 Å². The number of hydrogen-bond acceptors (Lipinski definition) is 6. The van der Waals surface area contributed by atoms with Crippen LogP contribution in [0.1, 0.15) is 16.1 Å². The van der Waals surface area contributed by atoms with Crippen LogP contribution in [-0.4, -0.2) is 30.5 Å². The van der Waals surface area contributed by atoms with Gasteiger partial charge in [0.05, 0.1) is 22.9 Å². The number of fused-ring (bicyclic) bond motifs is 1. The predicted octanol–water partition coefficient (Wildman–Crippen LogP) is 5.81. The van der Waals surface area contributed by atoms with Gasteiger partial charge in [-0.15, -0.1) is 0 Å². The Kier molecular flexibility index (Phi) is 5.96. The molecular formula is C25H17Cl2N3O4S. The summed E-state index contributed by atoms with van der Waals surface area (Å²) in [4.78, 5) is 23.4. The zero-order valence-corrected chi connectivity index (χ0v) is 20.6. The van der Waals surface area contributed by atoms with Crippen LogP contribution >= 0.6 is 23.2 Å². The highest BCUT2D eigenvalue weighted by molar-refractivity contribution is 7.90. The van der Waals surface area contributed by atoms with E-state index in [2.05, 4.69) is 9.97 Å². The summed E-state index contributed by atoms with van der Waals surface area (Å²) in [6.07, 6.45) is 0.988. The third-order valence-corrected chi connectivity index (χ3v) is 6.79. The number of rotatable bonds is 5. The Morgan fingerprint density at radius 1 is 0.914 bits per heavy atom. The molecule has 1 aliphatic rings. The lowest BCUT2D eigenvalue weighted by Gasteiger charge is -2.19. The molecule has 0 saturated heterocycles. The minimum absolute atomic E-state index is 0.00374. The van der Waals surface area contributed by atoms with Gasteiger partial charge in [0.15, 0.2) is 5.75 Å². The fourth-order valence-electron chi connectivity index (χ4n) is 3.79. The second-order valence-electron chi connectivity index (χ2n) is 7.85. The molecule has 5 rings (SSSR count). The lowest BCUT2D eigenvalue weighted by Crippen LogP contribution is -2.24. The van der Waals surface area contributed by atoms with E-state index in [1.807, 2.05) is 30.3 Å². The normalized spacial score (nSPS) is 13.1. The molecule has 0 spiro atoms. The van der Waals surface area contributed by atoms with E-state index in [9.17, 15) is 13.2 Å². The number of halogens is 2. The molecule has 1 aromatic heterocycles. The second kappa shape index (κ2) is 8.96. The minimum atomic E-state index is -3.82. The summed E-state index contributed by atoms with van der Waals surface area (Å²) < 4.78 is 30.7. The number of carbonyl (C=O) groups excluding carboxylic acids is 1. The summed E-state index contributed by atoms with van der Waals surface area (Å²) in [7, 11) is -3.82. The van der Waals surface area contributed by atoms with Crippen molar-refractivity contribution in [1.82, 2.24) is 9.97 Å². The van der Waals surface area contributed by atoms with Crippen LogP contribution in [0.4, 0.5) is 5.69 Å². The Morgan fingerprint density at radius 2 is 1.60 bits per heavy atom. The monoisotopic (exact) mass is 525 g/mol. The maximum atomic E-state index is 13.5. The molecule has 0 atom stereocenters. The van der Waals surface area contributed by atoms with Crippen LogP contribution in [0.2, 0.25) is 10.0 Å². The third kappa shape index (κ3) is 4.48. The summed E-state index contributed by atoms with van der Waals surface area (Å²) in [6.45, 7) is 0.0989. The van der Waals surface area contributed by atoms with Gasteiger partial charge in [0.1, 0.15) is 11.4 Å². The molecule has 0 unspecified atom stereocenters. The smallest absolute Gasteiger partial charge is 0.277 e. The predicted molar refractivity (Wildman–Crippen MR) is 134 cm³/mol. The van der Waals surface area contributed by atoms with E-state index in [1.54, 1.807) is 36.4 Å². The largest absolute Gasteiger partial charge is 0.455 e. The Labute approximate surface area is 211 Å². The summed E-state index contributed by atoms with van der Waals surface area (Å²) in [6, 6.07) is 21.1. The summed E-state index contributed by atoms with van der Waals surface area (Å²) in [5, 5.41) is 0.232. The molecule has 2 heterocycles. The first-order chi connectivity index (χ1) is 16.7. The van der Waals surface area contributed by atoms with E-state index in [-0.39, 0.29) is 23.0 Å². The van der Waals surface area contributed by atoms with E-state index in [0.29, 0.717) is 33.3 Å². The van der Waals surface area contributed by atoms with Crippen molar-refractivity contribution < 1.29 is 17.9 Å². The topological polar surface area (TPSA) is 89.5 Å². The van der Waals surface area contributed by atoms with Gasteiger partial charge in [-0.05, 0) is 42.5 Å². The summed E-state index contributed by atoms with van der Waals surface area (Å²) in [5.41, 5.74) is 1.67. The number of sulfone groups is 1. The van der Waals surface area contributed by atoms with Crippen LogP contribution in [0, 0.1) is 0 Å². The van der Waals surface area contributed by atoms with Gasteiger partial charge < -0.3 is 4.74 Å². The maximum absolute atomic E-state index is 13.5. The van der Waals surface area contributed by atoms with Gasteiger partial charge in [-0.25, -0.2) is 18.4 Å². The standard InChI is InChI=1S/C25H17Cl2N3O4S/c1-35(32,33)25-28-22(17-12-11-15(26)13-19(17)27)18-14-30(24(31)23(18)29-25)20-9-5-6-10-21(20)34-16-7-3-2-4-8-16/h2-13H,14H2,1H3. The highest BCUT2D eigenvalue weighted by Crippen LogP contribution is 2.40. The van der Waals surface area contributed by atoms with Crippen LogP contribution in [0.15, 0.2) is 78.0 Å². The van der Waals surface area contributed by atoms with Crippen molar-refractivity contribution in [2.75, 3.05) is 11.2 Å². The number of hydrogen-bond donors (Lipinski definition) is 0. The Balaban J connectivity index is 1.64. The molecule has 35 heavy (non-hydrogen) atoms. The first-order valence-corrected chi connectivity index (χ1v) is 13.1. The van der Waals surface area contributed by atoms with Crippen molar-refractivity contribution in [3.8, 4) is 22.8 Å². The third-order valence-electron chi connectivity index (χ3n) is 5.40. The Bertz CT molecular complexity index is 1580. The van der Waals surface area contributed by atoms with E-state index in [4.69, 9.17) is 27.9 Å². The van der Waals surface area contributed by atoms with Gasteiger partial charge in [0, 0.05) is 22.4 Å². The van der Waals surface area contributed by atoms with Crippen molar-refractivity contribution in [3.63, 3.8) is 0 Å². The highest BCUT2D eigenvalue weighted by Gasteiger charge is 2.36. The Morgan fingerprint density at radius 3 is 2.31 bits per heavy atom. The average molecular weight is 526 g/mol. The molecule has 0 bridgehead atoms. The molecule has 0 saturated carbocycles. The van der Waals surface area contributed by atoms with E-state index in [0.717, 1.165) is 6.26 Å². The Hall–Kier alpha value is -3.46. The number of para-hydroxylation sites is 3. The molecular weight excluding hydrogens is 509 g/mol.